The Hall–Kier alpha value is -0.830. The third kappa shape index (κ3) is 3.56. The van der Waals surface area contributed by atoms with E-state index in [0.29, 0.717) is 12.1 Å². The van der Waals surface area contributed by atoms with Crippen LogP contribution in [0.3, 0.4) is 0 Å². The van der Waals surface area contributed by atoms with E-state index < -0.39 is 0 Å². The van der Waals surface area contributed by atoms with E-state index in [4.69, 9.17) is 0 Å². The Morgan fingerprint density at radius 2 is 1.41 bits per heavy atom. The van der Waals surface area contributed by atoms with E-state index in [-0.39, 0.29) is 5.91 Å². The molecule has 0 aromatic heterocycles. The second-order valence-corrected chi connectivity index (χ2v) is 7.33. The van der Waals surface area contributed by atoms with Gasteiger partial charge in [0.15, 0.2) is 0 Å². The van der Waals surface area contributed by atoms with Crippen LogP contribution in [0.15, 0.2) is 24.3 Å². The van der Waals surface area contributed by atoms with Crippen molar-refractivity contribution in [2.75, 3.05) is 0 Å². The highest BCUT2D eigenvalue weighted by Gasteiger charge is 2.33. The van der Waals surface area contributed by atoms with Gasteiger partial charge >= 0.3 is 0 Å². The first-order chi connectivity index (χ1) is 10.8. The molecule has 0 aliphatic heterocycles. The molecule has 0 unspecified atom stereocenters. The van der Waals surface area contributed by atoms with Gasteiger partial charge in [-0.1, -0.05) is 60.2 Å². The summed E-state index contributed by atoms with van der Waals surface area (Å²) >= 11 is 3.47. The quantitative estimate of drug-likeness (QED) is 0.664. The first-order valence-electron chi connectivity index (χ1n) is 8.77. The standard InChI is InChI=1S/C19H26BrNO/c20-14-15-10-12-16(13-11-15)19(22)21(18-8-4-5-9-18)17-6-2-1-3-7-17/h10-13,17-18H,1-9,14H2. The minimum atomic E-state index is 0.264. The van der Waals surface area contributed by atoms with Gasteiger partial charge in [-0.2, -0.15) is 0 Å². The van der Waals surface area contributed by atoms with Crippen LogP contribution in [0.2, 0.25) is 0 Å². The number of hydrogen-bond acceptors (Lipinski definition) is 1. The lowest BCUT2D eigenvalue weighted by atomic mass is 9.92. The molecule has 0 atom stereocenters. The number of benzene rings is 1. The van der Waals surface area contributed by atoms with Gasteiger partial charge < -0.3 is 4.90 Å². The molecule has 2 saturated carbocycles. The molecule has 22 heavy (non-hydrogen) atoms. The molecular weight excluding hydrogens is 338 g/mol. The second-order valence-electron chi connectivity index (χ2n) is 6.77. The molecule has 0 heterocycles. The molecule has 1 aromatic rings. The number of amides is 1. The van der Waals surface area contributed by atoms with Crippen LogP contribution in [0.4, 0.5) is 0 Å². The summed E-state index contributed by atoms with van der Waals surface area (Å²) in [4.78, 5) is 15.4. The summed E-state index contributed by atoms with van der Waals surface area (Å²) < 4.78 is 0. The van der Waals surface area contributed by atoms with Crippen molar-refractivity contribution in [1.29, 1.82) is 0 Å². The minimum Gasteiger partial charge on any atom is -0.333 e. The Kier molecular flexibility index (Phi) is 5.56. The first kappa shape index (κ1) is 16.0. The molecule has 2 fully saturated rings. The van der Waals surface area contributed by atoms with E-state index in [2.05, 4.69) is 33.0 Å². The number of alkyl halides is 1. The van der Waals surface area contributed by atoms with Crippen molar-refractivity contribution < 1.29 is 4.79 Å². The first-order valence-corrected chi connectivity index (χ1v) is 9.89. The fraction of sp³-hybridized carbons (Fsp3) is 0.632. The summed E-state index contributed by atoms with van der Waals surface area (Å²) in [5, 5.41) is 0.844. The second kappa shape index (κ2) is 7.63. The molecule has 1 amide bonds. The highest BCUT2D eigenvalue weighted by Crippen LogP contribution is 2.32. The van der Waals surface area contributed by atoms with Crippen molar-refractivity contribution in [2.24, 2.45) is 0 Å². The Balaban J connectivity index is 1.81. The van der Waals surface area contributed by atoms with Gasteiger partial charge in [-0.25, -0.2) is 0 Å². The fourth-order valence-electron chi connectivity index (χ4n) is 4.06. The van der Waals surface area contributed by atoms with Crippen LogP contribution in [-0.2, 0) is 5.33 Å². The molecular formula is C19H26BrNO. The summed E-state index contributed by atoms with van der Waals surface area (Å²) in [6.07, 6.45) is 11.2. The summed E-state index contributed by atoms with van der Waals surface area (Å²) in [5.74, 6) is 0.264. The predicted molar refractivity (Wildman–Crippen MR) is 94.4 cm³/mol. The number of carbonyl (C=O) groups is 1. The SMILES string of the molecule is O=C(c1ccc(CBr)cc1)N(C1CCCCC1)C1CCCC1. The molecule has 1 aromatic carbocycles. The Morgan fingerprint density at radius 1 is 0.909 bits per heavy atom. The zero-order valence-corrected chi connectivity index (χ0v) is 14.9. The maximum atomic E-state index is 13.1. The third-order valence-corrected chi connectivity index (χ3v) is 5.92. The van der Waals surface area contributed by atoms with Gasteiger partial charge in [0.25, 0.3) is 5.91 Å². The molecule has 2 aliphatic carbocycles. The molecule has 3 heteroatoms. The van der Waals surface area contributed by atoms with Crippen LogP contribution >= 0.6 is 15.9 Å². The van der Waals surface area contributed by atoms with Crippen LogP contribution in [0.25, 0.3) is 0 Å². The number of rotatable bonds is 4. The van der Waals surface area contributed by atoms with E-state index in [1.807, 2.05) is 12.1 Å². The lowest BCUT2D eigenvalue weighted by molar-refractivity contribution is 0.0518. The van der Waals surface area contributed by atoms with Gasteiger partial charge in [-0.05, 0) is 43.4 Å². The Bertz CT molecular complexity index is 487. The van der Waals surface area contributed by atoms with E-state index in [0.717, 1.165) is 10.9 Å². The third-order valence-electron chi connectivity index (χ3n) is 5.28. The van der Waals surface area contributed by atoms with Crippen LogP contribution in [-0.4, -0.2) is 22.9 Å². The van der Waals surface area contributed by atoms with Gasteiger partial charge in [-0.15, -0.1) is 0 Å². The molecule has 3 rings (SSSR count). The fourth-order valence-corrected chi connectivity index (χ4v) is 4.43. The largest absolute Gasteiger partial charge is 0.333 e. The van der Waals surface area contributed by atoms with Crippen molar-refractivity contribution in [3.63, 3.8) is 0 Å². The normalized spacial score (nSPS) is 20.2. The van der Waals surface area contributed by atoms with E-state index in [9.17, 15) is 4.79 Å². The average Bonchev–Trinajstić information content (AvgIpc) is 3.10. The molecule has 0 bridgehead atoms. The van der Waals surface area contributed by atoms with Crippen LogP contribution < -0.4 is 0 Å². The maximum absolute atomic E-state index is 13.1. The van der Waals surface area contributed by atoms with E-state index in [1.54, 1.807) is 0 Å². The van der Waals surface area contributed by atoms with Gasteiger partial charge in [0.2, 0.25) is 0 Å². The van der Waals surface area contributed by atoms with Gasteiger partial charge in [0.1, 0.15) is 0 Å². The average molecular weight is 364 g/mol. The van der Waals surface area contributed by atoms with Crippen molar-refractivity contribution >= 4 is 21.8 Å². The molecule has 0 N–H and O–H groups in total. The number of carbonyl (C=O) groups excluding carboxylic acids is 1. The molecule has 2 nitrogen and oxygen atoms in total. The van der Waals surface area contributed by atoms with Crippen molar-refractivity contribution in [3.8, 4) is 0 Å². The zero-order chi connectivity index (χ0) is 15.4. The summed E-state index contributed by atoms with van der Waals surface area (Å²) in [6, 6.07) is 9.09. The highest BCUT2D eigenvalue weighted by atomic mass is 79.9. The Morgan fingerprint density at radius 3 is 1.91 bits per heavy atom. The zero-order valence-electron chi connectivity index (χ0n) is 13.3. The van der Waals surface area contributed by atoms with E-state index >= 15 is 0 Å². The molecule has 120 valence electrons. The lowest BCUT2D eigenvalue weighted by Gasteiger charge is -2.39. The molecule has 2 aliphatic rings. The molecule has 0 spiro atoms. The number of halogens is 1. The van der Waals surface area contributed by atoms with E-state index in [1.165, 1.54) is 63.4 Å². The van der Waals surface area contributed by atoms with Gasteiger partial charge in [-0.3, -0.25) is 4.79 Å². The Labute approximate surface area is 142 Å². The predicted octanol–water partition coefficient (Wildman–Crippen LogP) is 5.30. The van der Waals surface area contributed by atoms with Crippen molar-refractivity contribution in [1.82, 2.24) is 4.90 Å². The van der Waals surface area contributed by atoms with Crippen LogP contribution in [0.5, 0.6) is 0 Å². The van der Waals surface area contributed by atoms with Crippen molar-refractivity contribution in [2.45, 2.75) is 75.2 Å². The smallest absolute Gasteiger partial charge is 0.254 e. The summed E-state index contributed by atoms with van der Waals surface area (Å²) in [5.41, 5.74) is 2.09. The van der Waals surface area contributed by atoms with Crippen LogP contribution in [0.1, 0.15) is 73.7 Å². The summed E-state index contributed by atoms with van der Waals surface area (Å²) in [6.45, 7) is 0. The minimum absolute atomic E-state index is 0.264. The van der Waals surface area contributed by atoms with Gasteiger partial charge in [0.05, 0.1) is 0 Å². The highest BCUT2D eigenvalue weighted by molar-refractivity contribution is 9.08. The number of nitrogens with zero attached hydrogens (tertiary/aromatic N) is 1. The van der Waals surface area contributed by atoms with Gasteiger partial charge in [0, 0.05) is 23.0 Å². The topological polar surface area (TPSA) is 20.3 Å². The molecule has 0 saturated heterocycles. The maximum Gasteiger partial charge on any atom is 0.254 e. The monoisotopic (exact) mass is 363 g/mol. The molecule has 0 radical (unpaired) electrons. The van der Waals surface area contributed by atoms with Crippen LogP contribution in [0, 0.1) is 0 Å². The van der Waals surface area contributed by atoms with Crippen molar-refractivity contribution in [3.05, 3.63) is 35.4 Å². The lowest BCUT2D eigenvalue weighted by Crippen LogP contribution is -2.47. The summed E-state index contributed by atoms with van der Waals surface area (Å²) in [7, 11) is 0. The number of hydrogen-bond donors (Lipinski definition) is 0.